The van der Waals surface area contributed by atoms with E-state index in [1.54, 1.807) is 11.8 Å². The van der Waals surface area contributed by atoms with Gasteiger partial charge in [0.1, 0.15) is 6.54 Å². The highest BCUT2D eigenvalue weighted by Gasteiger charge is 2.23. The van der Waals surface area contributed by atoms with Crippen LogP contribution in [0, 0.1) is 6.92 Å². The normalized spacial score (nSPS) is 16.2. The SMILES string of the molecule is Cc1ccc(-c2nnc(C(C)OC(=O)CN3CCCCCC3=O)o2)cc1. The van der Waals surface area contributed by atoms with Crippen LogP contribution in [0.1, 0.15) is 50.2 Å². The van der Waals surface area contributed by atoms with Crippen molar-refractivity contribution in [3.05, 3.63) is 35.7 Å². The van der Waals surface area contributed by atoms with Crippen LogP contribution in [0.15, 0.2) is 28.7 Å². The van der Waals surface area contributed by atoms with Gasteiger partial charge in [-0.15, -0.1) is 10.2 Å². The average Bonchev–Trinajstić information content (AvgIpc) is 3.02. The number of hydrogen-bond donors (Lipinski definition) is 0. The molecule has 26 heavy (non-hydrogen) atoms. The summed E-state index contributed by atoms with van der Waals surface area (Å²) in [6.07, 6.45) is 2.63. The van der Waals surface area contributed by atoms with Gasteiger partial charge in [-0.3, -0.25) is 9.59 Å². The van der Waals surface area contributed by atoms with Crippen molar-refractivity contribution in [1.29, 1.82) is 0 Å². The molecule has 138 valence electrons. The van der Waals surface area contributed by atoms with Crippen LogP contribution >= 0.6 is 0 Å². The van der Waals surface area contributed by atoms with E-state index in [1.165, 1.54) is 0 Å². The van der Waals surface area contributed by atoms with Crippen molar-refractivity contribution in [3.8, 4) is 11.5 Å². The minimum Gasteiger partial charge on any atom is -0.451 e. The Morgan fingerprint density at radius 2 is 2.00 bits per heavy atom. The van der Waals surface area contributed by atoms with Crippen LogP contribution in [-0.4, -0.2) is 40.1 Å². The van der Waals surface area contributed by atoms with Crippen molar-refractivity contribution in [2.24, 2.45) is 0 Å². The number of likely N-dealkylation sites (tertiary alicyclic amines) is 1. The van der Waals surface area contributed by atoms with E-state index in [2.05, 4.69) is 10.2 Å². The van der Waals surface area contributed by atoms with Gasteiger partial charge >= 0.3 is 5.97 Å². The van der Waals surface area contributed by atoms with Crippen LogP contribution in [0.4, 0.5) is 0 Å². The molecule has 0 aliphatic carbocycles. The molecule has 2 aromatic rings. The molecule has 0 bridgehead atoms. The molecule has 1 aliphatic rings. The lowest BCUT2D eigenvalue weighted by molar-refractivity contribution is -0.154. The van der Waals surface area contributed by atoms with Crippen LogP contribution < -0.4 is 0 Å². The van der Waals surface area contributed by atoms with Gasteiger partial charge in [0.05, 0.1) is 0 Å². The Hall–Kier alpha value is -2.70. The van der Waals surface area contributed by atoms with Crippen LogP contribution in [0.5, 0.6) is 0 Å². The molecule has 1 saturated heterocycles. The third-order valence-electron chi connectivity index (χ3n) is 4.39. The largest absolute Gasteiger partial charge is 0.451 e. The van der Waals surface area contributed by atoms with Crippen molar-refractivity contribution < 1.29 is 18.7 Å². The summed E-state index contributed by atoms with van der Waals surface area (Å²) in [6, 6.07) is 7.71. The fourth-order valence-electron chi connectivity index (χ4n) is 2.86. The molecule has 0 saturated carbocycles. The maximum Gasteiger partial charge on any atom is 0.326 e. The van der Waals surface area contributed by atoms with Gasteiger partial charge < -0.3 is 14.1 Å². The lowest BCUT2D eigenvalue weighted by atomic mass is 10.1. The number of amides is 1. The van der Waals surface area contributed by atoms with Gasteiger partial charge in [0, 0.05) is 18.5 Å². The zero-order valence-corrected chi connectivity index (χ0v) is 15.1. The third kappa shape index (κ3) is 4.47. The topological polar surface area (TPSA) is 85.5 Å². The summed E-state index contributed by atoms with van der Waals surface area (Å²) < 4.78 is 11.0. The molecule has 1 aliphatic heterocycles. The number of hydrogen-bond acceptors (Lipinski definition) is 6. The van der Waals surface area contributed by atoms with Gasteiger partial charge in [-0.1, -0.05) is 24.1 Å². The predicted octanol–water partition coefficient (Wildman–Crippen LogP) is 3.05. The number of aryl methyl sites for hydroxylation is 1. The van der Waals surface area contributed by atoms with E-state index >= 15 is 0 Å². The molecule has 1 aromatic heterocycles. The number of nitrogens with zero attached hydrogens (tertiary/aromatic N) is 3. The van der Waals surface area contributed by atoms with Crippen LogP contribution in [-0.2, 0) is 14.3 Å². The fraction of sp³-hybridized carbons (Fsp3) is 0.474. The number of benzene rings is 1. The number of rotatable bonds is 5. The molecule has 0 spiro atoms. The number of esters is 1. The molecule has 0 N–H and O–H groups in total. The van der Waals surface area contributed by atoms with Crippen molar-refractivity contribution in [3.63, 3.8) is 0 Å². The molecule has 1 fully saturated rings. The number of carbonyl (C=O) groups is 2. The van der Waals surface area contributed by atoms with Crippen molar-refractivity contribution >= 4 is 11.9 Å². The second kappa shape index (κ2) is 8.12. The van der Waals surface area contributed by atoms with Crippen LogP contribution in [0.3, 0.4) is 0 Å². The van der Waals surface area contributed by atoms with E-state index in [0.717, 1.165) is 30.4 Å². The molecular formula is C19H23N3O4. The molecule has 1 aromatic carbocycles. The lowest BCUT2D eigenvalue weighted by Crippen LogP contribution is -2.36. The Kier molecular flexibility index (Phi) is 5.65. The van der Waals surface area contributed by atoms with Crippen molar-refractivity contribution in [2.75, 3.05) is 13.1 Å². The summed E-state index contributed by atoms with van der Waals surface area (Å²) in [4.78, 5) is 25.7. The van der Waals surface area contributed by atoms with Gasteiger partial charge in [0.25, 0.3) is 5.89 Å². The molecule has 7 heteroatoms. The van der Waals surface area contributed by atoms with E-state index in [1.807, 2.05) is 31.2 Å². The molecule has 1 amide bonds. The molecule has 2 heterocycles. The Morgan fingerprint density at radius 1 is 1.23 bits per heavy atom. The quantitative estimate of drug-likeness (QED) is 0.765. The molecule has 1 unspecified atom stereocenters. The minimum atomic E-state index is -0.670. The molecule has 3 rings (SSSR count). The highest BCUT2D eigenvalue weighted by molar-refractivity contribution is 5.82. The standard InChI is InChI=1S/C19H23N3O4/c1-13-7-9-15(10-8-13)19-21-20-18(26-19)14(2)25-17(24)12-22-11-5-3-4-6-16(22)23/h7-10,14H,3-6,11-12H2,1-2H3. The summed E-state index contributed by atoms with van der Waals surface area (Å²) in [6.45, 7) is 4.23. The molecular weight excluding hydrogens is 334 g/mol. The maximum atomic E-state index is 12.2. The highest BCUT2D eigenvalue weighted by atomic mass is 16.6. The minimum absolute atomic E-state index is 0.00607. The smallest absolute Gasteiger partial charge is 0.326 e. The number of aromatic nitrogens is 2. The third-order valence-corrected chi connectivity index (χ3v) is 4.39. The first-order chi connectivity index (χ1) is 12.5. The fourth-order valence-corrected chi connectivity index (χ4v) is 2.86. The Morgan fingerprint density at radius 3 is 2.77 bits per heavy atom. The van der Waals surface area contributed by atoms with Gasteiger partial charge in [-0.05, 0) is 38.8 Å². The number of carbonyl (C=O) groups excluding carboxylic acids is 2. The molecule has 0 radical (unpaired) electrons. The first-order valence-electron chi connectivity index (χ1n) is 8.90. The summed E-state index contributed by atoms with van der Waals surface area (Å²) in [5.41, 5.74) is 1.95. The van der Waals surface area contributed by atoms with Gasteiger partial charge in [-0.25, -0.2) is 0 Å². The van der Waals surface area contributed by atoms with Crippen molar-refractivity contribution in [1.82, 2.24) is 15.1 Å². The Labute approximate surface area is 152 Å². The first kappa shape index (κ1) is 18.1. The van der Waals surface area contributed by atoms with Gasteiger partial charge in [0.2, 0.25) is 11.8 Å². The zero-order valence-electron chi connectivity index (χ0n) is 15.1. The maximum absolute atomic E-state index is 12.2. The summed E-state index contributed by atoms with van der Waals surface area (Å²) in [5.74, 6) is 0.149. The monoisotopic (exact) mass is 357 g/mol. The van der Waals surface area contributed by atoms with Gasteiger partial charge in [-0.2, -0.15) is 0 Å². The Bertz CT molecular complexity index is 769. The van der Waals surface area contributed by atoms with E-state index in [4.69, 9.17) is 9.15 Å². The van der Waals surface area contributed by atoms with Crippen molar-refractivity contribution in [2.45, 2.75) is 45.6 Å². The van der Waals surface area contributed by atoms with Crippen LogP contribution in [0.25, 0.3) is 11.5 Å². The average molecular weight is 357 g/mol. The second-order valence-corrected chi connectivity index (χ2v) is 6.57. The van der Waals surface area contributed by atoms with Crippen LogP contribution in [0.2, 0.25) is 0 Å². The second-order valence-electron chi connectivity index (χ2n) is 6.57. The van der Waals surface area contributed by atoms with E-state index in [0.29, 0.717) is 18.9 Å². The lowest BCUT2D eigenvalue weighted by Gasteiger charge is -2.20. The van der Waals surface area contributed by atoms with E-state index in [9.17, 15) is 9.59 Å². The molecule has 1 atom stereocenters. The predicted molar refractivity (Wildman–Crippen MR) is 94.0 cm³/mol. The highest BCUT2D eigenvalue weighted by Crippen LogP contribution is 2.23. The first-order valence-corrected chi connectivity index (χ1v) is 8.90. The summed E-state index contributed by atoms with van der Waals surface area (Å²) >= 11 is 0. The number of ether oxygens (including phenoxy) is 1. The summed E-state index contributed by atoms with van der Waals surface area (Å²) in [7, 11) is 0. The zero-order chi connectivity index (χ0) is 18.5. The molecule has 7 nitrogen and oxygen atoms in total. The van der Waals surface area contributed by atoms with E-state index in [-0.39, 0.29) is 18.3 Å². The van der Waals surface area contributed by atoms with E-state index < -0.39 is 12.1 Å². The summed E-state index contributed by atoms with van der Waals surface area (Å²) in [5, 5.41) is 7.98. The Balaban J connectivity index is 1.59. The van der Waals surface area contributed by atoms with Gasteiger partial charge in [0.15, 0.2) is 6.10 Å².